The third-order valence-electron chi connectivity index (χ3n) is 16.2. The predicted molar refractivity (Wildman–Crippen MR) is 354 cm³/mol. The van der Waals surface area contributed by atoms with E-state index in [1.807, 2.05) is 0 Å². The number of hydrogen-bond acceptors (Lipinski definition) is 15. The van der Waals surface area contributed by atoms with Gasteiger partial charge in [-0.05, 0) is 43.4 Å². The zero-order chi connectivity index (χ0) is 65.2. The van der Waals surface area contributed by atoms with Crippen LogP contribution in [0.25, 0.3) is 0 Å². The highest BCUT2D eigenvalue weighted by Gasteiger charge is 2.30. The van der Waals surface area contributed by atoms with Gasteiger partial charge in [0.2, 0.25) is 0 Å². The molecule has 0 bridgehead atoms. The van der Waals surface area contributed by atoms with E-state index in [0.717, 1.165) is 109 Å². The minimum atomic E-state index is -4.95. The van der Waals surface area contributed by atoms with Gasteiger partial charge in [0.1, 0.15) is 19.3 Å². The van der Waals surface area contributed by atoms with Gasteiger partial charge >= 0.3 is 39.5 Å². The van der Waals surface area contributed by atoms with Gasteiger partial charge in [0.05, 0.1) is 26.4 Å². The number of ether oxygens (including phenoxy) is 4. The summed E-state index contributed by atoms with van der Waals surface area (Å²) in [6.07, 6.45) is 43.6. The summed E-state index contributed by atoms with van der Waals surface area (Å²) in [7, 11) is -9.89. The summed E-state index contributed by atoms with van der Waals surface area (Å²) in [5, 5.41) is 10.5. The Balaban J connectivity index is 5.09. The molecule has 3 unspecified atom stereocenters. The van der Waals surface area contributed by atoms with Crippen LogP contribution in [0.15, 0.2) is 0 Å². The molecule has 0 saturated heterocycles. The molecule has 0 saturated carbocycles. The largest absolute Gasteiger partial charge is 0.472 e. The first-order valence-electron chi connectivity index (χ1n) is 35.9. The maximum atomic E-state index is 13.0. The van der Waals surface area contributed by atoms with E-state index in [-0.39, 0.29) is 25.7 Å². The summed E-state index contributed by atoms with van der Waals surface area (Å²) < 4.78 is 68.0. The summed E-state index contributed by atoms with van der Waals surface area (Å²) in [6, 6.07) is 0. The van der Waals surface area contributed by atoms with Crippen LogP contribution in [0.4, 0.5) is 0 Å². The van der Waals surface area contributed by atoms with E-state index in [2.05, 4.69) is 48.5 Å². The van der Waals surface area contributed by atoms with Crippen molar-refractivity contribution < 1.29 is 80.2 Å². The van der Waals surface area contributed by atoms with Gasteiger partial charge in [0, 0.05) is 25.7 Å². The molecule has 0 fully saturated rings. The van der Waals surface area contributed by atoms with Crippen molar-refractivity contribution in [3.8, 4) is 0 Å². The molecule has 0 aliphatic heterocycles. The molecule has 17 nitrogen and oxygen atoms in total. The Hall–Kier alpha value is -1.94. The minimum Gasteiger partial charge on any atom is -0.462 e. The standard InChI is InChI=1S/C69H134O17P2/c1-8-10-11-12-13-27-36-43-50-66(71)79-56-65(86-69(74)53-46-39-32-30-34-41-48-61(5)6)59-84-88(77,78)82-55-63(70)54-81-87(75,76)83-58-64(57-80-67(72)51-44-37-31-29-33-40-47-60(3)4)85-68(73)52-45-38-28-25-23-21-19-17-15-14-16-18-20-22-24-26-35-42-49-62(7)9-2/h60-65,70H,8-59H2,1-7H3,(H,75,76)(H,77,78)/t62?,63-,64-,65-/m1/s1. The normalized spacial score (nSPS) is 14.5. The number of aliphatic hydroxyl groups is 1. The van der Waals surface area contributed by atoms with Crippen LogP contribution < -0.4 is 0 Å². The molecule has 0 radical (unpaired) electrons. The van der Waals surface area contributed by atoms with E-state index in [9.17, 15) is 43.2 Å². The Bertz CT molecular complexity index is 1730. The molecule has 0 aliphatic rings. The van der Waals surface area contributed by atoms with Gasteiger partial charge in [-0.1, -0.05) is 292 Å². The lowest BCUT2D eigenvalue weighted by atomic mass is 9.99. The molecule has 0 aromatic heterocycles. The molecule has 0 spiro atoms. The van der Waals surface area contributed by atoms with Gasteiger partial charge in [-0.3, -0.25) is 37.3 Å². The van der Waals surface area contributed by atoms with Crippen LogP contribution in [0, 0.1) is 17.8 Å². The molecule has 19 heteroatoms. The fourth-order valence-electron chi connectivity index (χ4n) is 10.3. The Morgan fingerprint density at radius 3 is 0.864 bits per heavy atom. The second kappa shape index (κ2) is 60.0. The maximum absolute atomic E-state index is 13.0. The van der Waals surface area contributed by atoms with E-state index in [1.165, 1.54) is 141 Å². The van der Waals surface area contributed by atoms with Crippen LogP contribution in [0.2, 0.25) is 0 Å². The Morgan fingerprint density at radius 2 is 0.580 bits per heavy atom. The van der Waals surface area contributed by atoms with Gasteiger partial charge in [0.25, 0.3) is 0 Å². The lowest BCUT2D eigenvalue weighted by molar-refractivity contribution is -0.161. The van der Waals surface area contributed by atoms with E-state index < -0.39 is 97.5 Å². The molecule has 0 heterocycles. The molecule has 3 N–H and O–H groups in total. The molecular formula is C69H134O17P2. The Labute approximate surface area is 537 Å². The lowest BCUT2D eigenvalue weighted by Crippen LogP contribution is -2.30. The molecule has 0 aromatic rings. The van der Waals surface area contributed by atoms with Crippen molar-refractivity contribution >= 4 is 39.5 Å². The van der Waals surface area contributed by atoms with Gasteiger partial charge in [-0.15, -0.1) is 0 Å². The van der Waals surface area contributed by atoms with E-state index in [4.69, 9.17) is 37.0 Å². The topological polar surface area (TPSA) is 237 Å². The molecule has 0 aliphatic carbocycles. The number of aliphatic hydroxyl groups excluding tert-OH is 1. The number of carbonyl (C=O) groups excluding carboxylic acids is 4. The van der Waals surface area contributed by atoms with Crippen molar-refractivity contribution in [3.05, 3.63) is 0 Å². The van der Waals surface area contributed by atoms with Gasteiger partial charge in [0.15, 0.2) is 12.2 Å². The predicted octanol–water partition coefficient (Wildman–Crippen LogP) is 19.5. The fourth-order valence-corrected chi connectivity index (χ4v) is 11.9. The molecular weight excluding hydrogens is 1160 g/mol. The zero-order valence-corrected chi connectivity index (χ0v) is 59.0. The van der Waals surface area contributed by atoms with Crippen LogP contribution in [0.3, 0.4) is 0 Å². The van der Waals surface area contributed by atoms with E-state index >= 15 is 0 Å². The number of hydrogen-bond donors (Lipinski definition) is 3. The van der Waals surface area contributed by atoms with Gasteiger partial charge in [-0.25, -0.2) is 9.13 Å². The molecule has 0 rings (SSSR count). The zero-order valence-electron chi connectivity index (χ0n) is 57.2. The van der Waals surface area contributed by atoms with E-state index in [1.54, 1.807) is 0 Å². The number of unbranched alkanes of at least 4 members (excludes halogenated alkanes) is 34. The smallest absolute Gasteiger partial charge is 0.462 e. The number of esters is 4. The summed E-state index contributed by atoms with van der Waals surface area (Å²) in [6.45, 7) is 11.7. The monoisotopic (exact) mass is 1300 g/mol. The third kappa shape index (κ3) is 61.6. The van der Waals surface area contributed by atoms with Crippen LogP contribution in [0.5, 0.6) is 0 Å². The summed E-state index contributed by atoms with van der Waals surface area (Å²) in [4.78, 5) is 72.2. The summed E-state index contributed by atoms with van der Waals surface area (Å²) in [5.74, 6) is 0.0814. The summed E-state index contributed by atoms with van der Waals surface area (Å²) >= 11 is 0. The average Bonchev–Trinajstić information content (AvgIpc) is 3.61. The number of phosphoric acid groups is 2. The van der Waals surface area contributed by atoms with Crippen LogP contribution in [-0.2, 0) is 65.4 Å². The molecule has 6 atom stereocenters. The summed E-state index contributed by atoms with van der Waals surface area (Å²) in [5.41, 5.74) is 0. The van der Waals surface area contributed by atoms with Crippen molar-refractivity contribution in [1.82, 2.24) is 0 Å². The first-order valence-corrected chi connectivity index (χ1v) is 38.9. The Kier molecular flexibility index (Phi) is 58.7. The SMILES string of the molecule is CCCCCCCCCCC(=O)OC[C@H](COP(=O)(O)OC[C@H](O)COP(=O)(O)OC[C@@H](COC(=O)CCCCCCCCC(C)C)OC(=O)CCCCCCCCCCCCCCCCCCCCC(C)CC)OC(=O)CCCCCCCCC(C)C. The quantitative estimate of drug-likeness (QED) is 0.0222. The van der Waals surface area contributed by atoms with Crippen LogP contribution >= 0.6 is 15.6 Å². The number of rotatable bonds is 67. The highest BCUT2D eigenvalue weighted by atomic mass is 31.2. The first kappa shape index (κ1) is 86.1. The maximum Gasteiger partial charge on any atom is 0.472 e. The molecule has 522 valence electrons. The van der Waals surface area contributed by atoms with Crippen molar-refractivity contribution in [2.75, 3.05) is 39.6 Å². The molecule has 0 aromatic carbocycles. The number of carbonyl (C=O) groups is 4. The second-order valence-corrected chi connectivity index (χ2v) is 29.0. The highest BCUT2D eigenvalue weighted by Crippen LogP contribution is 2.45. The van der Waals surface area contributed by atoms with Crippen molar-refractivity contribution in [3.63, 3.8) is 0 Å². The molecule has 0 amide bonds. The highest BCUT2D eigenvalue weighted by molar-refractivity contribution is 7.47. The van der Waals surface area contributed by atoms with Crippen molar-refractivity contribution in [2.24, 2.45) is 17.8 Å². The lowest BCUT2D eigenvalue weighted by Gasteiger charge is -2.21. The van der Waals surface area contributed by atoms with E-state index in [0.29, 0.717) is 37.5 Å². The van der Waals surface area contributed by atoms with Crippen molar-refractivity contribution in [2.45, 2.75) is 362 Å². The molecule has 88 heavy (non-hydrogen) atoms. The second-order valence-electron chi connectivity index (χ2n) is 26.1. The van der Waals surface area contributed by atoms with Gasteiger partial charge < -0.3 is 33.8 Å². The fraction of sp³-hybridized carbons (Fsp3) is 0.942. The average molecular weight is 1300 g/mol. The van der Waals surface area contributed by atoms with Crippen LogP contribution in [0.1, 0.15) is 344 Å². The number of phosphoric ester groups is 2. The van der Waals surface area contributed by atoms with Gasteiger partial charge in [-0.2, -0.15) is 0 Å². The van der Waals surface area contributed by atoms with Crippen LogP contribution in [-0.4, -0.2) is 96.7 Å². The third-order valence-corrected chi connectivity index (χ3v) is 18.1. The van der Waals surface area contributed by atoms with Crippen molar-refractivity contribution in [1.29, 1.82) is 0 Å². The first-order chi connectivity index (χ1) is 42.3. The minimum absolute atomic E-state index is 0.102. The Morgan fingerprint density at radius 1 is 0.330 bits per heavy atom.